The number of carbonyl (C=O) groups is 2. The summed E-state index contributed by atoms with van der Waals surface area (Å²) >= 11 is 1.35. The quantitative estimate of drug-likeness (QED) is 0.818. The third kappa shape index (κ3) is 4.39. The molecule has 0 aliphatic rings. The minimum Gasteiger partial charge on any atom is -0.368 e. The molecule has 0 saturated carbocycles. The van der Waals surface area contributed by atoms with Gasteiger partial charge in [0.1, 0.15) is 10.9 Å². The molecule has 1 heterocycles. The van der Waals surface area contributed by atoms with E-state index >= 15 is 0 Å². The average Bonchev–Trinajstić information content (AvgIpc) is 2.96. The highest BCUT2D eigenvalue weighted by atomic mass is 32.1. The second-order valence-corrected chi connectivity index (χ2v) is 6.10. The van der Waals surface area contributed by atoms with Crippen molar-refractivity contribution in [3.63, 3.8) is 0 Å². The zero-order valence-corrected chi connectivity index (χ0v) is 13.2. The summed E-state index contributed by atoms with van der Waals surface area (Å²) in [5, 5.41) is 3.62. The highest BCUT2D eigenvalue weighted by molar-refractivity contribution is 7.13. The van der Waals surface area contributed by atoms with Gasteiger partial charge in [-0.05, 0) is 18.4 Å². The number of thiazole rings is 1. The molecule has 0 fully saturated rings. The highest BCUT2D eigenvalue weighted by Gasteiger charge is 2.20. The van der Waals surface area contributed by atoms with Gasteiger partial charge in [0.25, 0.3) is 5.91 Å². The summed E-state index contributed by atoms with van der Waals surface area (Å²) in [6.07, 6.45) is 3.75. The van der Waals surface area contributed by atoms with Crippen LogP contribution in [-0.2, 0) is 17.6 Å². The second kappa shape index (κ2) is 7.70. The van der Waals surface area contributed by atoms with E-state index in [1.165, 1.54) is 11.3 Å². The first-order valence-electron chi connectivity index (χ1n) is 7.19. The Morgan fingerprint density at radius 1 is 1.32 bits per heavy atom. The fraction of sp³-hybridized carbons (Fsp3) is 0.312. The van der Waals surface area contributed by atoms with Crippen molar-refractivity contribution in [3.8, 4) is 0 Å². The summed E-state index contributed by atoms with van der Waals surface area (Å²) in [6, 6.07) is 8.73. The number of aromatic nitrogens is 1. The number of hydrogen-bond donors (Lipinski definition) is 2. The van der Waals surface area contributed by atoms with Crippen molar-refractivity contribution >= 4 is 23.2 Å². The summed E-state index contributed by atoms with van der Waals surface area (Å²) in [6.45, 7) is 2.06. The van der Waals surface area contributed by atoms with Crippen molar-refractivity contribution < 1.29 is 9.59 Å². The van der Waals surface area contributed by atoms with E-state index < -0.39 is 11.9 Å². The molecule has 1 atom stereocenters. The summed E-state index contributed by atoms with van der Waals surface area (Å²) in [4.78, 5) is 28.5. The average molecular weight is 317 g/mol. The van der Waals surface area contributed by atoms with Gasteiger partial charge < -0.3 is 11.1 Å². The summed E-state index contributed by atoms with van der Waals surface area (Å²) in [5.74, 6) is -0.852. The number of nitrogens with zero attached hydrogens (tertiary/aromatic N) is 1. The van der Waals surface area contributed by atoms with Gasteiger partial charge in [0.15, 0.2) is 0 Å². The van der Waals surface area contributed by atoms with Crippen LogP contribution in [0.25, 0.3) is 0 Å². The van der Waals surface area contributed by atoms with Gasteiger partial charge in [0.2, 0.25) is 5.91 Å². The fourth-order valence-electron chi connectivity index (χ4n) is 2.05. The topological polar surface area (TPSA) is 85.1 Å². The third-order valence-corrected chi connectivity index (χ3v) is 4.23. The Hall–Kier alpha value is -2.21. The molecular weight excluding hydrogens is 298 g/mol. The SMILES string of the molecule is CCCc1ncc(C(=O)NC(Cc2ccccc2)C(N)=O)s1. The van der Waals surface area contributed by atoms with Gasteiger partial charge in [-0.1, -0.05) is 37.3 Å². The number of benzene rings is 1. The lowest BCUT2D eigenvalue weighted by Crippen LogP contribution is -2.45. The molecule has 0 aliphatic heterocycles. The molecule has 2 amide bonds. The van der Waals surface area contributed by atoms with Gasteiger partial charge in [-0.15, -0.1) is 11.3 Å². The maximum Gasteiger partial charge on any atom is 0.263 e. The molecule has 2 rings (SSSR count). The number of hydrogen-bond acceptors (Lipinski definition) is 4. The summed E-state index contributed by atoms with van der Waals surface area (Å²) in [5.41, 5.74) is 6.34. The first-order chi connectivity index (χ1) is 10.6. The Balaban J connectivity index is 2.03. The number of primary amides is 1. The largest absolute Gasteiger partial charge is 0.368 e. The van der Waals surface area contributed by atoms with Crippen LogP contribution in [0.2, 0.25) is 0 Å². The Labute approximate surface area is 133 Å². The molecular formula is C16H19N3O2S. The van der Waals surface area contributed by atoms with E-state index in [9.17, 15) is 9.59 Å². The Bertz CT molecular complexity index is 640. The van der Waals surface area contributed by atoms with E-state index in [0.717, 1.165) is 23.4 Å². The molecule has 0 aliphatic carbocycles. The summed E-state index contributed by atoms with van der Waals surface area (Å²) < 4.78 is 0. The van der Waals surface area contributed by atoms with Crippen LogP contribution in [0.5, 0.6) is 0 Å². The van der Waals surface area contributed by atoms with Gasteiger partial charge in [-0.25, -0.2) is 4.98 Å². The Morgan fingerprint density at radius 3 is 2.68 bits per heavy atom. The van der Waals surface area contributed by atoms with Crippen molar-refractivity contribution in [2.45, 2.75) is 32.2 Å². The molecule has 0 saturated heterocycles. The molecule has 1 unspecified atom stereocenters. The normalized spacial score (nSPS) is 11.9. The maximum absolute atomic E-state index is 12.2. The Kier molecular flexibility index (Phi) is 5.66. The minimum absolute atomic E-state index is 0.306. The van der Waals surface area contributed by atoms with Crippen molar-refractivity contribution in [2.75, 3.05) is 0 Å². The summed E-state index contributed by atoms with van der Waals surface area (Å²) in [7, 11) is 0. The number of carbonyl (C=O) groups excluding carboxylic acids is 2. The predicted octanol–water partition coefficient (Wildman–Crippen LogP) is 1.92. The van der Waals surface area contributed by atoms with Gasteiger partial charge in [0, 0.05) is 6.42 Å². The number of aryl methyl sites for hydroxylation is 1. The number of amides is 2. The lowest BCUT2D eigenvalue weighted by Gasteiger charge is -2.14. The van der Waals surface area contributed by atoms with Gasteiger partial charge in [0.05, 0.1) is 11.2 Å². The van der Waals surface area contributed by atoms with Crippen LogP contribution in [0.4, 0.5) is 0 Å². The van der Waals surface area contributed by atoms with Gasteiger partial charge in [-0.2, -0.15) is 0 Å². The van der Waals surface area contributed by atoms with E-state index in [2.05, 4.69) is 17.2 Å². The van der Waals surface area contributed by atoms with Crippen LogP contribution >= 0.6 is 11.3 Å². The maximum atomic E-state index is 12.2. The highest BCUT2D eigenvalue weighted by Crippen LogP contribution is 2.15. The van der Waals surface area contributed by atoms with E-state index in [-0.39, 0.29) is 5.91 Å². The van der Waals surface area contributed by atoms with Crippen LogP contribution in [0.1, 0.15) is 33.6 Å². The molecule has 5 nitrogen and oxygen atoms in total. The lowest BCUT2D eigenvalue weighted by atomic mass is 10.1. The number of rotatable bonds is 7. The molecule has 0 bridgehead atoms. The molecule has 116 valence electrons. The Morgan fingerprint density at radius 2 is 2.05 bits per heavy atom. The van der Waals surface area contributed by atoms with Crippen molar-refractivity contribution in [1.29, 1.82) is 0 Å². The minimum atomic E-state index is -0.730. The molecule has 1 aromatic heterocycles. The molecule has 6 heteroatoms. The van der Waals surface area contributed by atoms with Gasteiger partial charge >= 0.3 is 0 Å². The predicted molar refractivity (Wildman–Crippen MR) is 86.7 cm³/mol. The fourth-order valence-corrected chi connectivity index (χ4v) is 2.97. The molecule has 2 aromatic rings. The zero-order valence-electron chi connectivity index (χ0n) is 12.4. The smallest absolute Gasteiger partial charge is 0.263 e. The first-order valence-corrected chi connectivity index (χ1v) is 8.00. The molecule has 0 spiro atoms. The monoisotopic (exact) mass is 317 g/mol. The van der Waals surface area contributed by atoms with E-state index in [1.54, 1.807) is 6.20 Å². The van der Waals surface area contributed by atoms with Crippen molar-refractivity contribution in [3.05, 3.63) is 52.0 Å². The van der Waals surface area contributed by atoms with E-state index in [0.29, 0.717) is 11.3 Å². The standard InChI is InChI=1S/C16H19N3O2S/c1-2-6-14-18-10-13(22-14)16(21)19-12(15(17)20)9-11-7-4-3-5-8-11/h3-5,7-8,10,12H,2,6,9H2,1H3,(H2,17,20)(H,19,21). The van der Waals surface area contributed by atoms with Gasteiger partial charge in [-0.3, -0.25) is 9.59 Å². The number of nitrogens with two attached hydrogens (primary N) is 1. The third-order valence-electron chi connectivity index (χ3n) is 3.17. The second-order valence-electron chi connectivity index (χ2n) is 4.99. The van der Waals surface area contributed by atoms with Crippen molar-refractivity contribution in [1.82, 2.24) is 10.3 Å². The van der Waals surface area contributed by atoms with E-state index in [4.69, 9.17) is 5.73 Å². The molecule has 22 heavy (non-hydrogen) atoms. The lowest BCUT2D eigenvalue weighted by molar-refractivity contribution is -0.119. The van der Waals surface area contributed by atoms with Crippen LogP contribution in [0.15, 0.2) is 36.5 Å². The number of nitrogens with one attached hydrogen (secondary N) is 1. The zero-order chi connectivity index (χ0) is 15.9. The molecule has 3 N–H and O–H groups in total. The van der Waals surface area contributed by atoms with Crippen LogP contribution < -0.4 is 11.1 Å². The first kappa shape index (κ1) is 16.2. The van der Waals surface area contributed by atoms with Crippen molar-refractivity contribution in [2.24, 2.45) is 5.73 Å². The van der Waals surface area contributed by atoms with Crippen LogP contribution in [-0.4, -0.2) is 22.8 Å². The molecule has 1 aromatic carbocycles. The van der Waals surface area contributed by atoms with E-state index in [1.807, 2.05) is 30.3 Å². The van der Waals surface area contributed by atoms with Crippen LogP contribution in [0, 0.1) is 0 Å². The van der Waals surface area contributed by atoms with Crippen LogP contribution in [0.3, 0.4) is 0 Å². The molecule has 0 radical (unpaired) electrons.